The maximum atomic E-state index is 14.5. The smallest absolute Gasteiger partial charge is 0.263 e. The van der Waals surface area contributed by atoms with Crippen molar-refractivity contribution in [2.45, 2.75) is 11.2 Å². The number of hydrogen-bond donors (Lipinski definition) is 2. The summed E-state index contributed by atoms with van der Waals surface area (Å²) in [7, 11) is 0. The van der Waals surface area contributed by atoms with Crippen LogP contribution in [0.25, 0.3) is 10.9 Å². The Morgan fingerprint density at radius 1 is 1.58 bits per heavy atom. The molecule has 3 rings (SSSR count). The van der Waals surface area contributed by atoms with Crippen molar-refractivity contribution in [2.75, 3.05) is 26.1 Å². The maximum Gasteiger partial charge on any atom is 0.263 e. The van der Waals surface area contributed by atoms with Crippen LogP contribution in [-0.2, 0) is 4.74 Å². The summed E-state index contributed by atoms with van der Waals surface area (Å²) in [5.74, 6) is -0.650. The van der Waals surface area contributed by atoms with Gasteiger partial charge in [-0.2, -0.15) is 0 Å². The van der Waals surface area contributed by atoms with E-state index in [1.54, 1.807) is 6.26 Å². The molecule has 2 heterocycles. The third-order valence-corrected chi connectivity index (χ3v) is 5.71. The van der Waals surface area contributed by atoms with Gasteiger partial charge in [0, 0.05) is 12.0 Å². The largest absolute Gasteiger partial charge is 0.491 e. The molecular formula is C14H14BrClFN3O3S. The molecule has 0 spiro atoms. The van der Waals surface area contributed by atoms with E-state index >= 15 is 0 Å². The Morgan fingerprint density at radius 3 is 2.96 bits per heavy atom. The summed E-state index contributed by atoms with van der Waals surface area (Å²) in [6.45, 7) is 1.12. The van der Waals surface area contributed by atoms with Crippen molar-refractivity contribution in [1.82, 2.24) is 9.97 Å². The molecule has 0 radical (unpaired) electrons. The molecule has 2 aromatic rings. The van der Waals surface area contributed by atoms with Crippen molar-refractivity contribution in [2.24, 2.45) is 11.7 Å². The Kier molecular flexibility index (Phi) is 5.36. The van der Waals surface area contributed by atoms with Gasteiger partial charge in [0.2, 0.25) is 0 Å². The Morgan fingerprint density at radius 2 is 2.33 bits per heavy atom. The highest BCUT2D eigenvalue weighted by Crippen LogP contribution is 2.40. The second-order valence-corrected chi connectivity index (χ2v) is 7.31. The first kappa shape index (κ1) is 17.9. The first-order chi connectivity index (χ1) is 11.4. The van der Waals surface area contributed by atoms with Crippen LogP contribution < -0.4 is 16.0 Å². The van der Waals surface area contributed by atoms with E-state index in [0.717, 1.165) is 0 Å². The van der Waals surface area contributed by atoms with Crippen LogP contribution in [0.4, 0.5) is 4.39 Å². The van der Waals surface area contributed by atoms with Gasteiger partial charge in [-0.05, 0) is 22.2 Å². The van der Waals surface area contributed by atoms with Crippen LogP contribution >= 0.6 is 39.3 Å². The van der Waals surface area contributed by atoms with Crippen molar-refractivity contribution in [3.8, 4) is 5.75 Å². The second-order valence-electron chi connectivity index (χ2n) is 5.34. The molecule has 1 aliphatic heterocycles. The topological polar surface area (TPSA) is 90.2 Å². The molecule has 6 nitrogen and oxygen atoms in total. The summed E-state index contributed by atoms with van der Waals surface area (Å²) in [6.07, 6.45) is 1.73. The number of benzene rings is 1. The van der Waals surface area contributed by atoms with Crippen LogP contribution in [0.3, 0.4) is 0 Å². The third-order valence-electron chi connectivity index (χ3n) is 3.80. The average molecular weight is 439 g/mol. The van der Waals surface area contributed by atoms with Gasteiger partial charge in [0.05, 0.1) is 24.3 Å². The van der Waals surface area contributed by atoms with Gasteiger partial charge in [-0.1, -0.05) is 23.4 Å². The summed E-state index contributed by atoms with van der Waals surface area (Å²) >= 11 is 10.5. The van der Waals surface area contributed by atoms with Gasteiger partial charge in [-0.25, -0.2) is 9.37 Å². The number of aromatic nitrogens is 2. The minimum atomic E-state index is -0.704. The van der Waals surface area contributed by atoms with Crippen molar-refractivity contribution >= 4 is 50.2 Å². The fraction of sp³-hybridized carbons (Fsp3) is 0.429. The SMILES string of the molecule is CSc1nc2c(F)c(Br)c(Cl)c(OCC3COCC3N)c2c(=O)[nH]1. The Labute approximate surface area is 154 Å². The zero-order valence-corrected chi connectivity index (χ0v) is 15.7. The molecule has 2 atom stereocenters. The van der Waals surface area contributed by atoms with Crippen LogP contribution in [-0.4, -0.2) is 42.1 Å². The molecule has 10 heteroatoms. The molecule has 1 aromatic heterocycles. The highest BCUT2D eigenvalue weighted by molar-refractivity contribution is 9.10. The standard InChI is InChI=1S/C14H14BrClFN3O3S/c1-24-14-19-11-7(13(21)20-14)12(9(16)8(15)10(11)17)23-3-5-2-22-4-6(5)18/h5-6H,2-4,18H2,1H3,(H,19,20,21). The second kappa shape index (κ2) is 7.17. The predicted molar refractivity (Wildman–Crippen MR) is 94.6 cm³/mol. The number of nitrogens with zero attached hydrogens (tertiary/aromatic N) is 1. The number of H-pyrrole nitrogens is 1. The van der Waals surface area contributed by atoms with Crippen molar-refractivity contribution in [1.29, 1.82) is 0 Å². The molecular weight excluding hydrogens is 425 g/mol. The lowest BCUT2D eigenvalue weighted by Crippen LogP contribution is -2.32. The van der Waals surface area contributed by atoms with Gasteiger partial charge in [-0.15, -0.1) is 0 Å². The minimum absolute atomic E-state index is 0.00351. The summed E-state index contributed by atoms with van der Waals surface area (Å²) in [4.78, 5) is 19.1. The van der Waals surface area contributed by atoms with Gasteiger partial charge in [0.1, 0.15) is 15.9 Å². The Hall–Kier alpha value is -0.870. The lowest BCUT2D eigenvalue weighted by molar-refractivity contribution is 0.167. The van der Waals surface area contributed by atoms with Crippen LogP contribution in [0, 0.1) is 11.7 Å². The summed E-state index contributed by atoms with van der Waals surface area (Å²) in [5, 5.41) is 0.264. The zero-order chi connectivity index (χ0) is 17.4. The Balaban J connectivity index is 2.10. The number of fused-ring (bicyclic) bond motifs is 1. The zero-order valence-electron chi connectivity index (χ0n) is 12.6. The molecule has 0 saturated carbocycles. The van der Waals surface area contributed by atoms with Crippen LogP contribution in [0.1, 0.15) is 0 Å². The van der Waals surface area contributed by atoms with Gasteiger partial charge in [0.15, 0.2) is 16.7 Å². The molecule has 2 unspecified atom stereocenters. The number of rotatable bonds is 4. The monoisotopic (exact) mass is 437 g/mol. The van der Waals surface area contributed by atoms with Gasteiger partial charge < -0.3 is 20.2 Å². The lowest BCUT2D eigenvalue weighted by Gasteiger charge is -2.17. The molecule has 1 saturated heterocycles. The number of ether oxygens (including phenoxy) is 2. The van der Waals surface area contributed by atoms with E-state index < -0.39 is 11.4 Å². The molecule has 24 heavy (non-hydrogen) atoms. The number of nitrogens with one attached hydrogen (secondary N) is 1. The van der Waals surface area contributed by atoms with Crippen LogP contribution in [0.5, 0.6) is 5.75 Å². The number of nitrogens with two attached hydrogens (primary N) is 1. The predicted octanol–water partition coefficient (Wildman–Crippen LogP) is 2.55. The van der Waals surface area contributed by atoms with Crippen LogP contribution in [0.2, 0.25) is 5.02 Å². The first-order valence-electron chi connectivity index (χ1n) is 7.04. The number of halogens is 3. The first-order valence-corrected chi connectivity index (χ1v) is 9.44. The average Bonchev–Trinajstić information content (AvgIpc) is 2.98. The maximum absolute atomic E-state index is 14.5. The van der Waals surface area contributed by atoms with E-state index in [-0.39, 0.29) is 44.7 Å². The minimum Gasteiger partial charge on any atom is -0.491 e. The van der Waals surface area contributed by atoms with E-state index in [1.165, 1.54) is 11.8 Å². The van der Waals surface area contributed by atoms with Gasteiger partial charge in [-0.3, -0.25) is 4.79 Å². The van der Waals surface area contributed by atoms with E-state index in [1.807, 2.05) is 0 Å². The molecule has 0 bridgehead atoms. The molecule has 1 aromatic carbocycles. The summed E-state index contributed by atoms with van der Waals surface area (Å²) in [5.41, 5.74) is 5.32. The molecule has 0 aliphatic carbocycles. The summed E-state index contributed by atoms with van der Waals surface area (Å²) < 4.78 is 25.5. The quantitative estimate of drug-likeness (QED) is 0.433. The number of hydrogen-bond acceptors (Lipinski definition) is 6. The normalized spacial score (nSPS) is 20.7. The number of thioether (sulfide) groups is 1. The van der Waals surface area contributed by atoms with Gasteiger partial charge >= 0.3 is 0 Å². The van der Waals surface area contributed by atoms with E-state index in [2.05, 4.69) is 25.9 Å². The summed E-state index contributed by atoms with van der Waals surface area (Å²) in [6, 6.07) is -0.154. The highest BCUT2D eigenvalue weighted by Gasteiger charge is 2.28. The van der Waals surface area contributed by atoms with Crippen molar-refractivity contribution in [3.05, 3.63) is 25.7 Å². The van der Waals surface area contributed by atoms with Crippen LogP contribution in [0.15, 0.2) is 14.4 Å². The molecule has 1 aliphatic rings. The van der Waals surface area contributed by atoms with Crippen molar-refractivity contribution in [3.63, 3.8) is 0 Å². The van der Waals surface area contributed by atoms with Gasteiger partial charge in [0.25, 0.3) is 5.56 Å². The molecule has 130 valence electrons. The molecule has 3 N–H and O–H groups in total. The van der Waals surface area contributed by atoms with Crippen molar-refractivity contribution < 1.29 is 13.9 Å². The molecule has 1 fully saturated rings. The molecule has 0 amide bonds. The highest BCUT2D eigenvalue weighted by atomic mass is 79.9. The van der Waals surface area contributed by atoms with E-state index in [9.17, 15) is 9.18 Å². The van der Waals surface area contributed by atoms with E-state index in [0.29, 0.717) is 18.4 Å². The third kappa shape index (κ3) is 3.15. The lowest BCUT2D eigenvalue weighted by atomic mass is 10.1. The fourth-order valence-corrected chi connectivity index (χ4v) is 3.42. The fourth-order valence-electron chi connectivity index (χ4n) is 2.44. The van der Waals surface area contributed by atoms with E-state index in [4.69, 9.17) is 26.8 Å². The number of aromatic amines is 1. The Bertz CT molecular complexity index is 850.